The highest BCUT2D eigenvalue weighted by Gasteiger charge is 2.20. The van der Waals surface area contributed by atoms with Gasteiger partial charge in [-0.25, -0.2) is 4.98 Å². The quantitative estimate of drug-likeness (QED) is 0.795. The van der Waals surface area contributed by atoms with Crippen molar-refractivity contribution in [2.24, 2.45) is 5.92 Å². The molecule has 1 aliphatic rings. The van der Waals surface area contributed by atoms with Crippen LogP contribution in [0.4, 0.5) is 0 Å². The number of hydrogen-bond donors (Lipinski definition) is 1. The van der Waals surface area contributed by atoms with Gasteiger partial charge in [0.05, 0.1) is 18.5 Å². The molecule has 1 fully saturated rings. The van der Waals surface area contributed by atoms with Crippen molar-refractivity contribution < 1.29 is 4.74 Å². The Morgan fingerprint density at radius 3 is 2.94 bits per heavy atom. The molecule has 0 saturated heterocycles. The molecule has 0 radical (unpaired) electrons. The zero-order chi connectivity index (χ0) is 11.4. The van der Waals surface area contributed by atoms with Gasteiger partial charge in [-0.1, -0.05) is 13.8 Å². The molecule has 0 unspecified atom stereocenters. The normalized spacial score (nSPS) is 15.4. The molecule has 1 saturated carbocycles. The second-order valence-corrected chi connectivity index (χ2v) is 4.71. The van der Waals surface area contributed by atoms with Crippen LogP contribution in [0.15, 0.2) is 12.4 Å². The van der Waals surface area contributed by atoms with Crippen LogP contribution in [0.5, 0.6) is 5.88 Å². The third kappa shape index (κ3) is 3.77. The largest absolute Gasteiger partial charge is 0.476 e. The molecule has 1 aliphatic carbocycles. The fraction of sp³-hybridized carbons (Fsp3) is 0.667. The van der Waals surface area contributed by atoms with Crippen molar-refractivity contribution in [3.8, 4) is 5.88 Å². The van der Waals surface area contributed by atoms with Gasteiger partial charge in [-0.05, 0) is 18.8 Å². The molecule has 0 bridgehead atoms. The van der Waals surface area contributed by atoms with Crippen LogP contribution in [0.3, 0.4) is 0 Å². The monoisotopic (exact) mass is 221 g/mol. The average molecular weight is 221 g/mol. The SMILES string of the molecule is CC(C)COc1cncc(CNC2CC2)n1. The van der Waals surface area contributed by atoms with Crippen LogP contribution < -0.4 is 10.1 Å². The van der Waals surface area contributed by atoms with E-state index >= 15 is 0 Å². The predicted octanol–water partition coefficient (Wildman–Crippen LogP) is 1.76. The molecule has 0 spiro atoms. The van der Waals surface area contributed by atoms with E-state index in [0.29, 0.717) is 24.4 Å². The van der Waals surface area contributed by atoms with Crippen molar-refractivity contribution >= 4 is 0 Å². The highest BCUT2D eigenvalue weighted by molar-refractivity contribution is 5.08. The molecule has 0 aromatic carbocycles. The van der Waals surface area contributed by atoms with Crippen LogP contribution in [0.1, 0.15) is 32.4 Å². The maximum absolute atomic E-state index is 5.53. The molecule has 1 aromatic heterocycles. The Balaban J connectivity index is 1.84. The third-order valence-electron chi connectivity index (χ3n) is 2.38. The van der Waals surface area contributed by atoms with Gasteiger partial charge in [0.15, 0.2) is 0 Å². The topological polar surface area (TPSA) is 47.0 Å². The maximum atomic E-state index is 5.53. The van der Waals surface area contributed by atoms with Crippen molar-refractivity contribution in [2.45, 2.75) is 39.3 Å². The molecule has 16 heavy (non-hydrogen) atoms. The maximum Gasteiger partial charge on any atom is 0.232 e. The minimum absolute atomic E-state index is 0.509. The van der Waals surface area contributed by atoms with E-state index in [0.717, 1.165) is 12.2 Å². The fourth-order valence-electron chi connectivity index (χ4n) is 1.33. The third-order valence-corrected chi connectivity index (χ3v) is 2.38. The molecule has 4 heteroatoms. The average Bonchev–Trinajstić information content (AvgIpc) is 3.08. The summed E-state index contributed by atoms with van der Waals surface area (Å²) in [7, 11) is 0. The predicted molar refractivity (Wildman–Crippen MR) is 62.2 cm³/mol. The smallest absolute Gasteiger partial charge is 0.232 e. The Hall–Kier alpha value is -1.16. The number of rotatable bonds is 6. The second-order valence-electron chi connectivity index (χ2n) is 4.71. The summed E-state index contributed by atoms with van der Waals surface area (Å²) in [5.74, 6) is 1.14. The van der Waals surface area contributed by atoms with Crippen LogP contribution in [-0.4, -0.2) is 22.6 Å². The molecule has 4 nitrogen and oxygen atoms in total. The van der Waals surface area contributed by atoms with Crippen LogP contribution in [0.25, 0.3) is 0 Å². The van der Waals surface area contributed by atoms with E-state index in [-0.39, 0.29) is 0 Å². The number of ether oxygens (including phenoxy) is 1. The van der Waals surface area contributed by atoms with E-state index in [1.54, 1.807) is 12.4 Å². The van der Waals surface area contributed by atoms with Crippen LogP contribution in [0, 0.1) is 5.92 Å². The number of aromatic nitrogens is 2. The summed E-state index contributed by atoms with van der Waals surface area (Å²) < 4.78 is 5.53. The lowest BCUT2D eigenvalue weighted by Gasteiger charge is -2.08. The summed E-state index contributed by atoms with van der Waals surface area (Å²) in [5, 5.41) is 3.41. The molecule has 1 aromatic rings. The zero-order valence-corrected chi connectivity index (χ0v) is 9.94. The van der Waals surface area contributed by atoms with Crippen molar-refractivity contribution in [3.63, 3.8) is 0 Å². The Labute approximate surface area is 96.4 Å². The Kier molecular flexibility index (Phi) is 3.72. The Morgan fingerprint density at radius 2 is 2.25 bits per heavy atom. The highest BCUT2D eigenvalue weighted by Crippen LogP contribution is 2.19. The van der Waals surface area contributed by atoms with Crippen molar-refractivity contribution in [2.75, 3.05) is 6.61 Å². The molecule has 0 atom stereocenters. The van der Waals surface area contributed by atoms with Gasteiger partial charge in [0, 0.05) is 18.8 Å². The van der Waals surface area contributed by atoms with E-state index in [9.17, 15) is 0 Å². The van der Waals surface area contributed by atoms with Crippen LogP contribution in [-0.2, 0) is 6.54 Å². The summed E-state index contributed by atoms with van der Waals surface area (Å²) >= 11 is 0. The molecule has 1 N–H and O–H groups in total. The van der Waals surface area contributed by atoms with Crippen LogP contribution >= 0.6 is 0 Å². The minimum Gasteiger partial charge on any atom is -0.476 e. The molecule has 0 aliphatic heterocycles. The number of hydrogen-bond acceptors (Lipinski definition) is 4. The summed E-state index contributed by atoms with van der Waals surface area (Å²) in [4.78, 5) is 8.53. The number of nitrogens with zero attached hydrogens (tertiary/aromatic N) is 2. The van der Waals surface area contributed by atoms with Gasteiger partial charge in [0.2, 0.25) is 5.88 Å². The first-order valence-electron chi connectivity index (χ1n) is 5.91. The molecular weight excluding hydrogens is 202 g/mol. The summed E-state index contributed by atoms with van der Waals surface area (Å²) in [6.07, 6.45) is 6.04. The summed E-state index contributed by atoms with van der Waals surface area (Å²) in [6, 6.07) is 0.696. The summed E-state index contributed by atoms with van der Waals surface area (Å²) in [6.45, 7) is 5.71. The van der Waals surface area contributed by atoms with Crippen LogP contribution in [0.2, 0.25) is 0 Å². The molecule has 1 heterocycles. The Bertz CT molecular complexity index is 316. The fourth-order valence-corrected chi connectivity index (χ4v) is 1.33. The molecule has 88 valence electrons. The Morgan fingerprint density at radius 1 is 1.44 bits per heavy atom. The lowest BCUT2D eigenvalue weighted by atomic mass is 10.2. The first-order chi connectivity index (χ1) is 7.74. The second kappa shape index (κ2) is 5.25. The lowest BCUT2D eigenvalue weighted by molar-refractivity contribution is 0.259. The van der Waals surface area contributed by atoms with Gasteiger partial charge in [0.1, 0.15) is 0 Å². The molecule has 0 amide bonds. The van der Waals surface area contributed by atoms with E-state index in [2.05, 4.69) is 29.1 Å². The number of nitrogens with one attached hydrogen (secondary N) is 1. The first kappa shape index (κ1) is 11.3. The van der Waals surface area contributed by atoms with Crippen molar-refractivity contribution in [3.05, 3.63) is 18.1 Å². The van der Waals surface area contributed by atoms with E-state index in [4.69, 9.17) is 4.74 Å². The van der Waals surface area contributed by atoms with Gasteiger partial charge in [-0.2, -0.15) is 0 Å². The van der Waals surface area contributed by atoms with Gasteiger partial charge in [0.25, 0.3) is 0 Å². The van der Waals surface area contributed by atoms with Crippen molar-refractivity contribution in [1.82, 2.24) is 15.3 Å². The molecular formula is C12H19N3O. The van der Waals surface area contributed by atoms with Crippen molar-refractivity contribution in [1.29, 1.82) is 0 Å². The van der Waals surface area contributed by atoms with Gasteiger partial charge < -0.3 is 10.1 Å². The minimum atomic E-state index is 0.509. The van der Waals surface area contributed by atoms with E-state index < -0.39 is 0 Å². The van der Waals surface area contributed by atoms with E-state index in [1.165, 1.54) is 12.8 Å². The highest BCUT2D eigenvalue weighted by atomic mass is 16.5. The first-order valence-corrected chi connectivity index (χ1v) is 5.91. The zero-order valence-electron chi connectivity index (χ0n) is 9.94. The summed E-state index contributed by atoms with van der Waals surface area (Å²) in [5.41, 5.74) is 0.952. The standard InChI is InChI=1S/C12H19N3O/c1-9(2)8-16-12-7-13-5-11(15-12)6-14-10-3-4-10/h5,7,9-10,14H,3-4,6,8H2,1-2H3. The van der Waals surface area contributed by atoms with E-state index in [1.807, 2.05) is 0 Å². The van der Waals surface area contributed by atoms with Gasteiger partial charge >= 0.3 is 0 Å². The van der Waals surface area contributed by atoms with Gasteiger partial charge in [-0.15, -0.1) is 0 Å². The van der Waals surface area contributed by atoms with Gasteiger partial charge in [-0.3, -0.25) is 4.98 Å². The lowest BCUT2D eigenvalue weighted by Crippen LogP contribution is -2.16. The molecule has 2 rings (SSSR count).